The molecule has 0 radical (unpaired) electrons. The van der Waals surface area contributed by atoms with Crippen LogP contribution >= 0.6 is 0 Å². The first-order valence-electron chi connectivity index (χ1n) is 6.77. The zero-order valence-electron chi connectivity index (χ0n) is 11.6. The van der Waals surface area contributed by atoms with Crippen LogP contribution in [0.15, 0.2) is 12.4 Å². The van der Waals surface area contributed by atoms with Gasteiger partial charge in [-0.05, 0) is 18.8 Å². The van der Waals surface area contributed by atoms with Crippen molar-refractivity contribution in [2.75, 3.05) is 13.1 Å². The lowest BCUT2D eigenvalue weighted by molar-refractivity contribution is -0.138. The summed E-state index contributed by atoms with van der Waals surface area (Å²) in [6, 6.07) is -0.150. The molecular weight excluding hydrogens is 260 g/mol. The van der Waals surface area contributed by atoms with Gasteiger partial charge in [-0.3, -0.25) is 4.79 Å². The van der Waals surface area contributed by atoms with Crippen molar-refractivity contribution in [2.45, 2.75) is 25.8 Å². The number of carbonyl (C=O) groups excluding carboxylic acids is 1. The molecule has 1 aliphatic rings. The quantitative estimate of drug-likeness (QED) is 0.854. The molecule has 2 rings (SSSR count). The van der Waals surface area contributed by atoms with Gasteiger partial charge in [-0.15, -0.1) is 0 Å². The van der Waals surface area contributed by atoms with Crippen molar-refractivity contribution >= 4 is 12.0 Å². The van der Waals surface area contributed by atoms with Gasteiger partial charge >= 0.3 is 12.0 Å². The molecule has 2 heterocycles. The number of hydrogen-bond donors (Lipinski definition) is 2. The molecule has 1 fully saturated rings. The molecule has 1 aliphatic heterocycles. The van der Waals surface area contributed by atoms with Gasteiger partial charge < -0.3 is 19.9 Å². The van der Waals surface area contributed by atoms with E-state index in [2.05, 4.69) is 10.3 Å². The van der Waals surface area contributed by atoms with Crippen LogP contribution in [0.4, 0.5) is 4.79 Å². The molecule has 0 saturated carbocycles. The SMILES string of the molecule is Cn1ccnc1CNC(=O)N1CCCC(CC(=O)O)C1. The van der Waals surface area contributed by atoms with E-state index in [-0.39, 0.29) is 18.4 Å². The maximum absolute atomic E-state index is 12.1. The maximum Gasteiger partial charge on any atom is 0.317 e. The van der Waals surface area contributed by atoms with E-state index < -0.39 is 5.97 Å². The highest BCUT2D eigenvalue weighted by Crippen LogP contribution is 2.19. The maximum atomic E-state index is 12.1. The number of carboxylic acids is 1. The Labute approximate surface area is 117 Å². The van der Waals surface area contributed by atoms with Crippen molar-refractivity contribution < 1.29 is 14.7 Å². The average Bonchev–Trinajstić information content (AvgIpc) is 2.81. The van der Waals surface area contributed by atoms with E-state index in [0.717, 1.165) is 18.7 Å². The Morgan fingerprint density at radius 1 is 1.55 bits per heavy atom. The van der Waals surface area contributed by atoms with E-state index >= 15 is 0 Å². The van der Waals surface area contributed by atoms with E-state index in [1.807, 2.05) is 17.8 Å². The van der Waals surface area contributed by atoms with Crippen molar-refractivity contribution in [3.8, 4) is 0 Å². The summed E-state index contributed by atoms with van der Waals surface area (Å²) < 4.78 is 1.85. The fraction of sp³-hybridized carbons (Fsp3) is 0.615. The number of aryl methyl sites for hydroxylation is 1. The van der Waals surface area contributed by atoms with Crippen LogP contribution in [0, 0.1) is 5.92 Å². The highest BCUT2D eigenvalue weighted by molar-refractivity contribution is 5.74. The van der Waals surface area contributed by atoms with Gasteiger partial charge in [0.2, 0.25) is 0 Å². The third kappa shape index (κ3) is 3.72. The number of aliphatic carboxylic acids is 1. The Morgan fingerprint density at radius 3 is 3.00 bits per heavy atom. The molecule has 7 nitrogen and oxygen atoms in total. The van der Waals surface area contributed by atoms with E-state index in [1.54, 1.807) is 11.1 Å². The van der Waals surface area contributed by atoms with Gasteiger partial charge in [0.15, 0.2) is 0 Å². The monoisotopic (exact) mass is 280 g/mol. The molecule has 1 aromatic heterocycles. The number of rotatable bonds is 4. The molecule has 2 N–H and O–H groups in total. The van der Waals surface area contributed by atoms with Crippen molar-refractivity contribution in [1.82, 2.24) is 19.8 Å². The molecule has 1 aromatic rings. The number of carboxylic acid groups (broad SMARTS) is 1. The minimum atomic E-state index is -0.801. The number of imidazole rings is 1. The molecule has 0 aliphatic carbocycles. The van der Waals surface area contributed by atoms with E-state index in [4.69, 9.17) is 5.11 Å². The van der Waals surface area contributed by atoms with Crippen LogP contribution < -0.4 is 5.32 Å². The third-order valence-corrected chi connectivity index (χ3v) is 3.59. The Morgan fingerprint density at radius 2 is 2.35 bits per heavy atom. The second-order valence-corrected chi connectivity index (χ2v) is 5.17. The first-order valence-corrected chi connectivity index (χ1v) is 6.77. The van der Waals surface area contributed by atoms with E-state index in [9.17, 15) is 9.59 Å². The van der Waals surface area contributed by atoms with Crippen LogP contribution in [-0.2, 0) is 18.4 Å². The van der Waals surface area contributed by atoms with Crippen molar-refractivity contribution in [3.63, 3.8) is 0 Å². The summed E-state index contributed by atoms with van der Waals surface area (Å²) >= 11 is 0. The van der Waals surface area contributed by atoms with Gasteiger partial charge in [0.1, 0.15) is 5.82 Å². The van der Waals surface area contributed by atoms with Gasteiger partial charge in [0.05, 0.1) is 6.54 Å². The summed E-state index contributed by atoms with van der Waals surface area (Å²) in [6.45, 7) is 1.57. The number of nitrogens with one attached hydrogen (secondary N) is 1. The molecule has 1 saturated heterocycles. The predicted octanol–water partition coefficient (Wildman–Crippen LogP) is 0.816. The van der Waals surface area contributed by atoms with Gasteiger partial charge in [-0.25, -0.2) is 9.78 Å². The average molecular weight is 280 g/mol. The Kier molecular flexibility index (Phi) is 4.60. The number of aromatic nitrogens is 2. The molecule has 0 spiro atoms. The predicted molar refractivity (Wildman–Crippen MR) is 72.0 cm³/mol. The molecule has 0 bridgehead atoms. The molecule has 7 heteroatoms. The fourth-order valence-electron chi connectivity index (χ4n) is 2.50. The molecule has 1 atom stereocenters. The number of amides is 2. The normalized spacial score (nSPS) is 18.9. The third-order valence-electron chi connectivity index (χ3n) is 3.59. The molecule has 2 amide bonds. The highest BCUT2D eigenvalue weighted by atomic mass is 16.4. The van der Waals surface area contributed by atoms with Crippen molar-refractivity contribution in [1.29, 1.82) is 0 Å². The zero-order chi connectivity index (χ0) is 14.5. The number of nitrogens with zero attached hydrogens (tertiary/aromatic N) is 3. The summed E-state index contributed by atoms with van der Waals surface area (Å²) in [6.07, 6.45) is 5.36. The number of carbonyl (C=O) groups is 2. The molecule has 110 valence electrons. The van der Waals surface area contributed by atoms with Crippen LogP contribution in [-0.4, -0.2) is 44.6 Å². The summed E-state index contributed by atoms with van der Waals surface area (Å²) in [7, 11) is 1.87. The first-order chi connectivity index (χ1) is 9.56. The van der Waals surface area contributed by atoms with Gasteiger partial charge in [-0.2, -0.15) is 0 Å². The Hall–Kier alpha value is -2.05. The smallest absolute Gasteiger partial charge is 0.317 e. The standard InChI is InChI=1S/C13H20N4O3/c1-16-6-4-14-11(16)8-15-13(20)17-5-2-3-10(9-17)7-12(18)19/h4,6,10H,2-3,5,7-9H2,1H3,(H,15,20)(H,18,19). The summed E-state index contributed by atoms with van der Waals surface area (Å²) in [4.78, 5) is 28.6. The molecule has 20 heavy (non-hydrogen) atoms. The minimum Gasteiger partial charge on any atom is -0.481 e. The van der Waals surface area contributed by atoms with Gasteiger partial charge in [0.25, 0.3) is 0 Å². The van der Waals surface area contributed by atoms with Crippen LogP contribution in [0.3, 0.4) is 0 Å². The molecular formula is C13H20N4O3. The van der Waals surface area contributed by atoms with Crippen molar-refractivity contribution in [3.05, 3.63) is 18.2 Å². The topological polar surface area (TPSA) is 87.5 Å². The second kappa shape index (κ2) is 6.40. The van der Waals surface area contributed by atoms with Gasteiger partial charge in [0, 0.05) is 39.0 Å². The summed E-state index contributed by atoms with van der Waals surface area (Å²) in [5.41, 5.74) is 0. The molecule has 0 aromatic carbocycles. The number of piperidine rings is 1. The first kappa shape index (κ1) is 14.4. The highest BCUT2D eigenvalue weighted by Gasteiger charge is 2.25. The molecule has 1 unspecified atom stereocenters. The summed E-state index contributed by atoms with van der Waals surface area (Å²) in [5, 5.41) is 11.6. The van der Waals surface area contributed by atoms with Crippen LogP contribution in [0.2, 0.25) is 0 Å². The Bertz CT molecular complexity index is 486. The lowest BCUT2D eigenvalue weighted by Crippen LogP contribution is -2.45. The number of hydrogen-bond acceptors (Lipinski definition) is 3. The zero-order valence-corrected chi connectivity index (χ0v) is 11.6. The van der Waals surface area contributed by atoms with Gasteiger partial charge in [-0.1, -0.05) is 0 Å². The number of likely N-dealkylation sites (tertiary alicyclic amines) is 1. The van der Waals surface area contributed by atoms with E-state index in [0.29, 0.717) is 19.6 Å². The Balaban J connectivity index is 1.82. The van der Waals surface area contributed by atoms with Crippen LogP contribution in [0.25, 0.3) is 0 Å². The summed E-state index contributed by atoms with van der Waals surface area (Å²) in [5.74, 6) is 0.0443. The lowest BCUT2D eigenvalue weighted by Gasteiger charge is -2.32. The minimum absolute atomic E-state index is 0.0557. The second-order valence-electron chi connectivity index (χ2n) is 5.17. The lowest BCUT2D eigenvalue weighted by atomic mass is 9.95. The largest absolute Gasteiger partial charge is 0.481 e. The van der Waals surface area contributed by atoms with Crippen LogP contribution in [0.5, 0.6) is 0 Å². The van der Waals surface area contributed by atoms with E-state index in [1.165, 1.54) is 0 Å². The van der Waals surface area contributed by atoms with Crippen molar-refractivity contribution in [2.24, 2.45) is 13.0 Å². The van der Waals surface area contributed by atoms with Crippen LogP contribution in [0.1, 0.15) is 25.1 Å². The fourth-order valence-corrected chi connectivity index (χ4v) is 2.50. The number of urea groups is 1.